The molecule has 0 bridgehead atoms. The van der Waals surface area contributed by atoms with E-state index < -0.39 is 0 Å². The number of aromatic amines is 1. The smallest absolute Gasteiger partial charge is 0.220 e. The lowest BCUT2D eigenvalue weighted by atomic mass is 10.0. The van der Waals surface area contributed by atoms with Crippen molar-refractivity contribution in [2.45, 2.75) is 39.2 Å². The van der Waals surface area contributed by atoms with Crippen LogP contribution in [0.5, 0.6) is 0 Å². The second kappa shape index (κ2) is 8.79. The molecule has 1 amide bonds. The van der Waals surface area contributed by atoms with Crippen LogP contribution in [0.2, 0.25) is 0 Å². The number of fused-ring (bicyclic) bond motifs is 1. The Bertz CT molecular complexity index is 1160. The number of halogens is 1. The number of carbonyl (C=O) groups excluding carboxylic acids is 1. The van der Waals surface area contributed by atoms with Crippen molar-refractivity contribution in [2.24, 2.45) is 0 Å². The minimum atomic E-state index is -0.281. The summed E-state index contributed by atoms with van der Waals surface area (Å²) in [5, 5.41) is 6.84. The Morgan fingerprint density at radius 3 is 2.73 bits per heavy atom. The molecule has 2 aromatic heterocycles. The largest absolute Gasteiger partial charge is 0.354 e. The zero-order valence-electron chi connectivity index (χ0n) is 17.0. The predicted octanol–water partition coefficient (Wildman–Crippen LogP) is 5.80. The Hall–Kier alpha value is -2.99. The molecule has 0 spiro atoms. The second-order valence-corrected chi connectivity index (χ2v) is 8.53. The number of H-pyrrole nitrogens is 1. The average molecular weight is 422 g/mol. The Morgan fingerprint density at radius 2 is 2.00 bits per heavy atom. The number of nitrogens with zero attached hydrogens (tertiary/aromatic N) is 1. The van der Waals surface area contributed by atoms with Gasteiger partial charge in [0.1, 0.15) is 5.82 Å². The molecule has 0 fully saturated rings. The van der Waals surface area contributed by atoms with Gasteiger partial charge < -0.3 is 10.3 Å². The highest BCUT2D eigenvalue weighted by Gasteiger charge is 2.15. The standard InChI is InChI=1S/C24H24FN3OS/c1-15(2)24-27-18(14-30-24)13-26-22(29)11-9-19-20-12-17(25)8-10-21(20)28-23(19)16-6-4-3-5-7-16/h3-8,10,12,14-15,28H,9,11,13H2,1-2H3,(H,26,29). The van der Waals surface area contributed by atoms with Gasteiger partial charge in [-0.15, -0.1) is 11.3 Å². The summed E-state index contributed by atoms with van der Waals surface area (Å²) in [5.41, 5.74) is 4.67. The molecule has 4 aromatic rings. The summed E-state index contributed by atoms with van der Waals surface area (Å²) >= 11 is 1.62. The minimum Gasteiger partial charge on any atom is -0.354 e. The maximum Gasteiger partial charge on any atom is 0.220 e. The average Bonchev–Trinajstić information content (AvgIpc) is 3.36. The summed E-state index contributed by atoms with van der Waals surface area (Å²) < 4.78 is 13.9. The first-order valence-corrected chi connectivity index (χ1v) is 11.0. The number of amides is 1. The topological polar surface area (TPSA) is 57.8 Å². The number of hydrogen-bond acceptors (Lipinski definition) is 3. The van der Waals surface area contributed by atoms with Gasteiger partial charge >= 0.3 is 0 Å². The van der Waals surface area contributed by atoms with Gasteiger partial charge in [-0.25, -0.2) is 9.37 Å². The van der Waals surface area contributed by atoms with Crippen molar-refractivity contribution < 1.29 is 9.18 Å². The van der Waals surface area contributed by atoms with Gasteiger partial charge in [-0.3, -0.25) is 4.79 Å². The third kappa shape index (κ3) is 4.44. The number of thiazole rings is 1. The molecule has 0 radical (unpaired) electrons. The molecule has 4 rings (SSSR count). The van der Waals surface area contributed by atoms with Gasteiger partial charge in [-0.05, 0) is 35.7 Å². The lowest BCUT2D eigenvalue weighted by molar-refractivity contribution is -0.121. The number of aromatic nitrogens is 2. The van der Waals surface area contributed by atoms with E-state index in [2.05, 4.69) is 29.1 Å². The molecule has 2 aromatic carbocycles. The molecule has 0 atom stereocenters. The zero-order valence-corrected chi connectivity index (χ0v) is 17.9. The Balaban J connectivity index is 1.50. The molecule has 4 nitrogen and oxygen atoms in total. The van der Waals surface area contributed by atoms with Crippen LogP contribution in [0.1, 0.15) is 42.5 Å². The molecule has 0 saturated heterocycles. The maximum atomic E-state index is 13.9. The van der Waals surface area contributed by atoms with Crippen LogP contribution in [0.4, 0.5) is 4.39 Å². The van der Waals surface area contributed by atoms with Gasteiger partial charge in [0.2, 0.25) is 5.91 Å². The van der Waals surface area contributed by atoms with Crippen molar-refractivity contribution in [3.05, 3.63) is 76.0 Å². The van der Waals surface area contributed by atoms with Crippen LogP contribution in [0.3, 0.4) is 0 Å². The number of benzene rings is 2. The molecule has 6 heteroatoms. The number of carbonyl (C=O) groups is 1. The van der Waals surface area contributed by atoms with E-state index in [0.717, 1.165) is 38.4 Å². The molecule has 0 aliphatic carbocycles. The molecular weight excluding hydrogens is 397 g/mol. The SMILES string of the molecule is CC(C)c1nc(CNC(=O)CCc2c(-c3ccccc3)[nH]c3ccc(F)cc23)cs1. The summed E-state index contributed by atoms with van der Waals surface area (Å²) in [4.78, 5) is 20.4. The number of aryl methyl sites for hydroxylation is 1. The van der Waals surface area contributed by atoms with Crippen LogP contribution in [0.15, 0.2) is 53.9 Å². The van der Waals surface area contributed by atoms with Crippen molar-refractivity contribution in [3.63, 3.8) is 0 Å². The first kappa shape index (κ1) is 20.3. The van der Waals surface area contributed by atoms with E-state index >= 15 is 0 Å². The lowest BCUT2D eigenvalue weighted by Gasteiger charge is -2.07. The molecular formula is C24H24FN3OS. The normalized spacial score (nSPS) is 11.3. The van der Waals surface area contributed by atoms with E-state index in [4.69, 9.17) is 0 Å². The van der Waals surface area contributed by atoms with Crippen molar-refractivity contribution in [1.29, 1.82) is 0 Å². The lowest BCUT2D eigenvalue weighted by Crippen LogP contribution is -2.23. The predicted molar refractivity (Wildman–Crippen MR) is 120 cm³/mol. The van der Waals surface area contributed by atoms with Crippen LogP contribution in [-0.2, 0) is 17.8 Å². The fourth-order valence-corrected chi connectivity index (χ4v) is 4.35. The van der Waals surface area contributed by atoms with Gasteiger partial charge in [0.15, 0.2) is 0 Å². The summed E-state index contributed by atoms with van der Waals surface area (Å²) in [6, 6.07) is 14.7. The molecule has 2 N–H and O–H groups in total. The highest BCUT2D eigenvalue weighted by atomic mass is 32.1. The highest BCUT2D eigenvalue weighted by Crippen LogP contribution is 2.31. The van der Waals surface area contributed by atoms with E-state index in [-0.39, 0.29) is 11.7 Å². The summed E-state index contributed by atoms with van der Waals surface area (Å²) in [5.74, 6) is 0.0632. The number of nitrogens with one attached hydrogen (secondary N) is 2. The monoisotopic (exact) mass is 421 g/mol. The maximum absolute atomic E-state index is 13.9. The van der Waals surface area contributed by atoms with Crippen LogP contribution < -0.4 is 5.32 Å². The molecule has 0 aliphatic rings. The van der Waals surface area contributed by atoms with Crippen LogP contribution in [-0.4, -0.2) is 15.9 Å². The van der Waals surface area contributed by atoms with Crippen LogP contribution in [0, 0.1) is 5.82 Å². The van der Waals surface area contributed by atoms with E-state index in [1.165, 1.54) is 12.1 Å². The zero-order chi connectivity index (χ0) is 21.1. The van der Waals surface area contributed by atoms with Crippen molar-refractivity contribution >= 4 is 28.1 Å². The quantitative estimate of drug-likeness (QED) is 0.396. The van der Waals surface area contributed by atoms with Crippen molar-refractivity contribution in [1.82, 2.24) is 15.3 Å². The van der Waals surface area contributed by atoms with Gasteiger partial charge in [-0.1, -0.05) is 44.2 Å². The van der Waals surface area contributed by atoms with Crippen molar-refractivity contribution in [2.75, 3.05) is 0 Å². The van der Waals surface area contributed by atoms with Gasteiger partial charge in [0, 0.05) is 34.3 Å². The molecule has 0 unspecified atom stereocenters. The van der Waals surface area contributed by atoms with Gasteiger partial charge in [-0.2, -0.15) is 0 Å². The van der Waals surface area contributed by atoms with Crippen LogP contribution >= 0.6 is 11.3 Å². The van der Waals surface area contributed by atoms with E-state index in [0.29, 0.717) is 25.3 Å². The highest BCUT2D eigenvalue weighted by molar-refractivity contribution is 7.09. The van der Waals surface area contributed by atoms with E-state index in [1.54, 1.807) is 17.4 Å². The third-order valence-electron chi connectivity index (χ3n) is 5.06. The molecule has 154 valence electrons. The van der Waals surface area contributed by atoms with Gasteiger partial charge in [0.05, 0.1) is 17.2 Å². The summed E-state index contributed by atoms with van der Waals surface area (Å²) in [7, 11) is 0. The van der Waals surface area contributed by atoms with Crippen LogP contribution in [0.25, 0.3) is 22.2 Å². The van der Waals surface area contributed by atoms with Gasteiger partial charge in [0.25, 0.3) is 0 Å². The van der Waals surface area contributed by atoms with Crippen molar-refractivity contribution in [3.8, 4) is 11.3 Å². The Kier molecular flexibility index (Phi) is 5.95. The van der Waals surface area contributed by atoms with E-state index in [1.807, 2.05) is 35.7 Å². The minimum absolute atomic E-state index is 0.0427. The summed E-state index contributed by atoms with van der Waals surface area (Å²) in [6.07, 6.45) is 0.846. The Morgan fingerprint density at radius 1 is 1.20 bits per heavy atom. The molecule has 2 heterocycles. The first-order valence-electron chi connectivity index (χ1n) is 10.1. The van der Waals surface area contributed by atoms with E-state index in [9.17, 15) is 9.18 Å². The Labute approximate surface area is 179 Å². The number of hydrogen-bond donors (Lipinski definition) is 2. The first-order chi connectivity index (χ1) is 14.5. The molecule has 30 heavy (non-hydrogen) atoms. The fourth-order valence-electron chi connectivity index (χ4n) is 3.52. The number of rotatable bonds is 7. The third-order valence-corrected chi connectivity index (χ3v) is 6.26. The fraction of sp³-hybridized carbons (Fsp3) is 0.250. The second-order valence-electron chi connectivity index (χ2n) is 7.64. The molecule has 0 saturated carbocycles. The molecule has 0 aliphatic heterocycles. The summed E-state index contributed by atoms with van der Waals surface area (Å²) in [6.45, 7) is 4.64.